The Kier molecular flexibility index (Phi) is 3.54. The molecule has 2 rings (SSSR count). The second-order valence-corrected chi connectivity index (χ2v) is 3.91. The molecule has 17 heavy (non-hydrogen) atoms. The molecule has 2 N–H and O–H groups in total. The molecule has 0 bridgehead atoms. The molecule has 0 saturated heterocycles. The van der Waals surface area contributed by atoms with Crippen LogP contribution in [0.3, 0.4) is 0 Å². The summed E-state index contributed by atoms with van der Waals surface area (Å²) in [5, 5.41) is 1.10. The van der Waals surface area contributed by atoms with Crippen LogP contribution in [-0.2, 0) is 6.54 Å². The summed E-state index contributed by atoms with van der Waals surface area (Å²) >= 11 is 0. The van der Waals surface area contributed by atoms with Crippen LogP contribution in [0.15, 0.2) is 24.4 Å². The number of hydrogen-bond donors (Lipinski definition) is 1. The minimum atomic E-state index is 0.695. The van der Waals surface area contributed by atoms with Gasteiger partial charge in [-0.05, 0) is 19.0 Å². The van der Waals surface area contributed by atoms with Gasteiger partial charge in [-0.2, -0.15) is 0 Å². The Hall–Kier alpha value is -1.68. The summed E-state index contributed by atoms with van der Waals surface area (Å²) in [6.07, 6.45) is 3.02. The van der Waals surface area contributed by atoms with E-state index in [1.165, 1.54) is 0 Å². The van der Waals surface area contributed by atoms with E-state index in [9.17, 15) is 0 Å². The Bertz CT molecular complexity index is 505. The van der Waals surface area contributed by atoms with Gasteiger partial charge in [0.1, 0.15) is 11.5 Å². The van der Waals surface area contributed by atoms with Crippen molar-refractivity contribution in [1.82, 2.24) is 4.57 Å². The van der Waals surface area contributed by atoms with E-state index >= 15 is 0 Å². The van der Waals surface area contributed by atoms with Gasteiger partial charge in [0, 0.05) is 30.3 Å². The smallest absolute Gasteiger partial charge is 0.131 e. The lowest BCUT2D eigenvalue weighted by Gasteiger charge is -2.09. The predicted octanol–water partition coefficient (Wildman–Crippen LogP) is 2.01. The van der Waals surface area contributed by atoms with Gasteiger partial charge in [0.2, 0.25) is 0 Å². The number of nitrogens with two attached hydrogens (primary N) is 1. The van der Waals surface area contributed by atoms with Crippen molar-refractivity contribution in [2.75, 3.05) is 20.8 Å². The van der Waals surface area contributed by atoms with Crippen LogP contribution in [0.5, 0.6) is 11.5 Å². The van der Waals surface area contributed by atoms with Gasteiger partial charge in [-0.3, -0.25) is 0 Å². The zero-order valence-electron chi connectivity index (χ0n) is 10.3. The lowest BCUT2D eigenvalue weighted by atomic mass is 10.2. The number of benzene rings is 1. The second-order valence-electron chi connectivity index (χ2n) is 3.91. The van der Waals surface area contributed by atoms with Crippen molar-refractivity contribution in [3.05, 3.63) is 24.4 Å². The van der Waals surface area contributed by atoms with E-state index in [4.69, 9.17) is 15.2 Å². The Morgan fingerprint density at radius 2 is 2.06 bits per heavy atom. The lowest BCUT2D eigenvalue weighted by molar-refractivity contribution is 0.397. The van der Waals surface area contributed by atoms with Crippen molar-refractivity contribution in [3.8, 4) is 11.5 Å². The highest BCUT2D eigenvalue weighted by Crippen LogP contribution is 2.31. The molecule has 0 aliphatic carbocycles. The van der Waals surface area contributed by atoms with Crippen molar-refractivity contribution in [3.63, 3.8) is 0 Å². The van der Waals surface area contributed by atoms with E-state index in [0.717, 1.165) is 35.4 Å². The molecule has 4 heteroatoms. The van der Waals surface area contributed by atoms with Gasteiger partial charge in [-0.1, -0.05) is 0 Å². The van der Waals surface area contributed by atoms with Gasteiger partial charge in [-0.25, -0.2) is 0 Å². The summed E-state index contributed by atoms with van der Waals surface area (Å²) in [6, 6.07) is 5.98. The van der Waals surface area contributed by atoms with Crippen LogP contribution in [0.25, 0.3) is 10.9 Å². The summed E-state index contributed by atoms with van der Waals surface area (Å²) < 4.78 is 12.8. The van der Waals surface area contributed by atoms with E-state index < -0.39 is 0 Å². The molecule has 0 fully saturated rings. The molecule has 0 amide bonds. The number of ether oxygens (including phenoxy) is 2. The molecular formula is C13H18N2O2. The third-order valence-corrected chi connectivity index (χ3v) is 2.88. The van der Waals surface area contributed by atoms with E-state index in [0.29, 0.717) is 6.54 Å². The number of aryl methyl sites for hydroxylation is 1. The molecule has 0 saturated carbocycles. The van der Waals surface area contributed by atoms with Crippen LogP contribution in [0.2, 0.25) is 0 Å². The van der Waals surface area contributed by atoms with E-state index in [-0.39, 0.29) is 0 Å². The molecule has 2 aromatic rings. The van der Waals surface area contributed by atoms with Gasteiger partial charge >= 0.3 is 0 Å². The molecule has 0 unspecified atom stereocenters. The molecule has 0 atom stereocenters. The zero-order chi connectivity index (χ0) is 12.3. The van der Waals surface area contributed by atoms with Crippen LogP contribution in [0.4, 0.5) is 0 Å². The number of nitrogens with zero attached hydrogens (tertiary/aromatic N) is 1. The maximum atomic E-state index is 5.54. The first kappa shape index (κ1) is 11.8. The first-order chi connectivity index (χ1) is 8.30. The molecule has 1 aromatic heterocycles. The zero-order valence-corrected chi connectivity index (χ0v) is 10.3. The fourth-order valence-electron chi connectivity index (χ4n) is 1.98. The van der Waals surface area contributed by atoms with Crippen molar-refractivity contribution in [1.29, 1.82) is 0 Å². The quantitative estimate of drug-likeness (QED) is 0.861. The van der Waals surface area contributed by atoms with Crippen LogP contribution in [0.1, 0.15) is 6.42 Å². The van der Waals surface area contributed by atoms with Gasteiger partial charge in [0.25, 0.3) is 0 Å². The van der Waals surface area contributed by atoms with Crippen molar-refractivity contribution < 1.29 is 9.47 Å². The first-order valence-corrected chi connectivity index (χ1v) is 5.71. The monoisotopic (exact) mass is 234 g/mol. The third-order valence-electron chi connectivity index (χ3n) is 2.88. The molecule has 0 aliphatic heterocycles. The summed E-state index contributed by atoms with van der Waals surface area (Å²) in [5.74, 6) is 1.65. The maximum absolute atomic E-state index is 5.54. The standard InChI is InChI=1S/C13H18N2O2/c1-16-10-8-12-11(13(9-10)17-2)4-7-15(12)6-3-5-14/h4,7-9H,3,5-6,14H2,1-2H3. The molecule has 0 radical (unpaired) electrons. The summed E-state index contributed by atoms with van der Waals surface area (Å²) in [4.78, 5) is 0. The highest BCUT2D eigenvalue weighted by atomic mass is 16.5. The SMILES string of the molecule is COc1cc(OC)c2ccn(CCCN)c2c1. The molecule has 0 spiro atoms. The van der Waals surface area contributed by atoms with Crippen LogP contribution in [-0.4, -0.2) is 25.3 Å². The molecule has 92 valence electrons. The van der Waals surface area contributed by atoms with Crippen LogP contribution >= 0.6 is 0 Å². The fourth-order valence-corrected chi connectivity index (χ4v) is 1.98. The average Bonchev–Trinajstić information content (AvgIpc) is 2.78. The van der Waals surface area contributed by atoms with Gasteiger partial charge < -0.3 is 19.8 Å². The number of rotatable bonds is 5. The second kappa shape index (κ2) is 5.10. The van der Waals surface area contributed by atoms with Gasteiger partial charge in [0.05, 0.1) is 19.7 Å². The van der Waals surface area contributed by atoms with Crippen molar-refractivity contribution in [2.45, 2.75) is 13.0 Å². The minimum absolute atomic E-state index is 0.695. The number of aromatic nitrogens is 1. The van der Waals surface area contributed by atoms with Gasteiger partial charge in [0.15, 0.2) is 0 Å². The number of methoxy groups -OCH3 is 2. The Morgan fingerprint density at radius 1 is 1.24 bits per heavy atom. The van der Waals surface area contributed by atoms with Crippen LogP contribution < -0.4 is 15.2 Å². The topological polar surface area (TPSA) is 49.4 Å². The highest BCUT2D eigenvalue weighted by molar-refractivity contribution is 5.88. The van der Waals surface area contributed by atoms with E-state index in [2.05, 4.69) is 16.8 Å². The van der Waals surface area contributed by atoms with E-state index in [1.807, 2.05) is 12.1 Å². The van der Waals surface area contributed by atoms with E-state index in [1.54, 1.807) is 14.2 Å². The minimum Gasteiger partial charge on any atom is -0.497 e. The molecule has 1 aromatic carbocycles. The number of hydrogen-bond acceptors (Lipinski definition) is 3. The summed E-state index contributed by atoms with van der Waals surface area (Å²) in [5.41, 5.74) is 6.66. The normalized spacial score (nSPS) is 10.8. The lowest BCUT2D eigenvalue weighted by Crippen LogP contribution is -2.04. The molecule has 1 heterocycles. The maximum Gasteiger partial charge on any atom is 0.131 e. The summed E-state index contributed by atoms with van der Waals surface area (Å²) in [6.45, 7) is 1.61. The van der Waals surface area contributed by atoms with Crippen LogP contribution in [0, 0.1) is 0 Å². The molecule has 0 aliphatic rings. The molecular weight excluding hydrogens is 216 g/mol. The molecule has 4 nitrogen and oxygen atoms in total. The largest absolute Gasteiger partial charge is 0.497 e. The first-order valence-electron chi connectivity index (χ1n) is 5.71. The third kappa shape index (κ3) is 2.22. The highest BCUT2D eigenvalue weighted by Gasteiger charge is 2.08. The number of fused-ring (bicyclic) bond motifs is 1. The fraction of sp³-hybridized carbons (Fsp3) is 0.385. The average molecular weight is 234 g/mol. The Morgan fingerprint density at radius 3 is 2.71 bits per heavy atom. The van der Waals surface area contributed by atoms with Crippen molar-refractivity contribution in [2.24, 2.45) is 5.73 Å². The van der Waals surface area contributed by atoms with Crippen molar-refractivity contribution >= 4 is 10.9 Å². The predicted molar refractivity (Wildman–Crippen MR) is 68.7 cm³/mol. The Labute approximate surface area is 101 Å². The van der Waals surface area contributed by atoms with Gasteiger partial charge in [-0.15, -0.1) is 0 Å². The summed E-state index contributed by atoms with van der Waals surface area (Å²) in [7, 11) is 3.33. The Balaban J connectivity index is 2.50.